The van der Waals surface area contributed by atoms with E-state index in [1.54, 1.807) is 24.0 Å². The molecule has 0 saturated heterocycles. The first-order valence-electron chi connectivity index (χ1n) is 8.29. The lowest BCUT2D eigenvalue weighted by molar-refractivity contribution is -0.145. The molecule has 1 aliphatic carbocycles. The Kier molecular flexibility index (Phi) is 6.56. The number of carbonyl (C=O) groups excluding carboxylic acids is 2. The highest BCUT2D eigenvalue weighted by Gasteiger charge is 2.29. The van der Waals surface area contributed by atoms with Crippen LogP contribution in [0.1, 0.15) is 38.2 Å². The highest BCUT2D eigenvalue weighted by molar-refractivity contribution is 5.80. The van der Waals surface area contributed by atoms with Crippen molar-refractivity contribution in [3.8, 4) is 0 Å². The fourth-order valence-electron chi connectivity index (χ4n) is 2.62. The van der Waals surface area contributed by atoms with Gasteiger partial charge in [0.05, 0.1) is 13.0 Å². The molecule has 23 heavy (non-hydrogen) atoms. The topological polar surface area (TPSA) is 46.6 Å². The molecule has 0 spiro atoms. The van der Waals surface area contributed by atoms with Crippen LogP contribution in [0.5, 0.6) is 0 Å². The maximum atomic E-state index is 12.9. The SMILES string of the molecule is CCOC(=O)CCN(CCc1ccc(F)cc1)C(=O)C1CCC1. The Morgan fingerprint density at radius 3 is 2.48 bits per heavy atom. The normalized spacial score (nSPS) is 14.2. The first-order valence-corrected chi connectivity index (χ1v) is 8.29. The van der Waals surface area contributed by atoms with Gasteiger partial charge in [0.25, 0.3) is 0 Å². The zero-order valence-electron chi connectivity index (χ0n) is 13.6. The number of benzene rings is 1. The van der Waals surface area contributed by atoms with Crippen molar-refractivity contribution < 1.29 is 18.7 Å². The second kappa shape index (κ2) is 8.65. The van der Waals surface area contributed by atoms with Crippen LogP contribution in [0.15, 0.2) is 24.3 Å². The Hall–Kier alpha value is -1.91. The molecule has 0 aromatic heterocycles. The maximum Gasteiger partial charge on any atom is 0.307 e. The number of carbonyl (C=O) groups is 2. The van der Waals surface area contributed by atoms with Crippen LogP contribution >= 0.6 is 0 Å². The lowest BCUT2D eigenvalue weighted by Crippen LogP contribution is -2.41. The summed E-state index contributed by atoms with van der Waals surface area (Å²) in [4.78, 5) is 25.8. The van der Waals surface area contributed by atoms with E-state index in [-0.39, 0.29) is 30.0 Å². The smallest absolute Gasteiger partial charge is 0.307 e. The van der Waals surface area contributed by atoms with Gasteiger partial charge in [-0.25, -0.2) is 4.39 Å². The summed E-state index contributed by atoms with van der Waals surface area (Å²) in [5, 5.41) is 0. The van der Waals surface area contributed by atoms with E-state index >= 15 is 0 Å². The zero-order valence-corrected chi connectivity index (χ0v) is 13.6. The predicted molar refractivity (Wildman–Crippen MR) is 85.3 cm³/mol. The Bertz CT molecular complexity index is 526. The second-order valence-electron chi connectivity index (χ2n) is 5.88. The summed E-state index contributed by atoms with van der Waals surface area (Å²) in [6.07, 6.45) is 3.84. The highest BCUT2D eigenvalue weighted by atomic mass is 19.1. The molecule has 0 aliphatic heterocycles. The van der Waals surface area contributed by atoms with Crippen molar-refractivity contribution in [3.05, 3.63) is 35.6 Å². The molecule has 2 rings (SSSR count). The first kappa shape index (κ1) is 17.4. The minimum atomic E-state index is -0.277. The van der Waals surface area contributed by atoms with E-state index < -0.39 is 0 Å². The van der Waals surface area contributed by atoms with Crippen LogP contribution in [0, 0.1) is 11.7 Å². The number of nitrogens with zero attached hydrogens (tertiary/aromatic N) is 1. The molecule has 5 heteroatoms. The second-order valence-corrected chi connectivity index (χ2v) is 5.88. The Morgan fingerprint density at radius 2 is 1.91 bits per heavy atom. The van der Waals surface area contributed by atoms with Gasteiger partial charge in [-0.1, -0.05) is 18.6 Å². The number of esters is 1. The van der Waals surface area contributed by atoms with Crippen molar-refractivity contribution in [3.63, 3.8) is 0 Å². The van der Waals surface area contributed by atoms with E-state index in [9.17, 15) is 14.0 Å². The lowest BCUT2D eigenvalue weighted by Gasteiger charge is -2.31. The minimum Gasteiger partial charge on any atom is -0.466 e. The van der Waals surface area contributed by atoms with Crippen LogP contribution in [0.2, 0.25) is 0 Å². The molecule has 1 aliphatic rings. The zero-order chi connectivity index (χ0) is 16.7. The summed E-state index contributed by atoms with van der Waals surface area (Å²) in [6, 6.07) is 6.30. The number of rotatable bonds is 8. The molecule has 0 bridgehead atoms. The lowest BCUT2D eigenvalue weighted by atomic mass is 9.84. The third-order valence-corrected chi connectivity index (χ3v) is 4.24. The van der Waals surface area contributed by atoms with E-state index in [2.05, 4.69) is 0 Å². The van der Waals surface area contributed by atoms with Crippen LogP contribution in [-0.2, 0) is 20.7 Å². The number of halogens is 1. The van der Waals surface area contributed by atoms with Gasteiger partial charge in [0.15, 0.2) is 0 Å². The fraction of sp³-hybridized carbons (Fsp3) is 0.556. The monoisotopic (exact) mass is 321 g/mol. The van der Waals surface area contributed by atoms with Crippen LogP contribution in [-0.4, -0.2) is 36.5 Å². The molecule has 1 aromatic carbocycles. The summed E-state index contributed by atoms with van der Waals surface area (Å²) in [5.41, 5.74) is 0.981. The van der Waals surface area contributed by atoms with Gasteiger partial charge in [0, 0.05) is 19.0 Å². The molecule has 0 unspecified atom stereocenters. The van der Waals surface area contributed by atoms with Crippen molar-refractivity contribution in [1.82, 2.24) is 4.90 Å². The Balaban J connectivity index is 1.90. The van der Waals surface area contributed by atoms with Gasteiger partial charge < -0.3 is 9.64 Å². The summed E-state index contributed by atoms with van der Waals surface area (Å²) < 4.78 is 17.9. The largest absolute Gasteiger partial charge is 0.466 e. The molecule has 4 nitrogen and oxygen atoms in total. The fourth-order valence-corrected chi connectivity index (χ4v) is 2.62. The number of hydrogen-bond acceptors (Lipinski definition) is 3. The van der Waals surface area contributed by atoms with Crippen LogP contribution in [0.4, 0.5) is 4.39 Å². The van der Waals surface area contributed by atoms with Crippen LogP contribution < -0.4 is 0 Å². The van der Waals surface area contributed by atoms with Gasteiger partial charge in [-0.15, -0.1) is 0 Å². The molecule has 1 aromatic rings. The summed E-state index contributed by atoms with van der Waals surface area (Å²) in [6.45, 7) is 3.05. The van der Waals surface area contributed by atoms with Crippen LogP contribution in [0.3, 0.4) is 0 Å². The number of ether oxygens (including phenoxy) is 1. The molecular weight excluding hydrogens is 297 g/mol. The summed E-state index contributed by atoms with van der Waals surface area (Å²) in [5.74, 6) is -0.313. The summed E-state index contributed by atoms with van der Waals surface area (Å²) in [7, 11) is 0. The van der Waals surface area contributed by atoms with Gasteiger partial charge in [-0.2, -0.15) is 0 Å². The standard InChI is InChI=1S/C18H24FNO3/c1-2-23-17(21)11-13-20(18(22)15-4-3-5-15)12-10-14-6-8-16(19)9-7-14/h6-9,15H,2-5,10-13H2,1H3. The average Bonchev–Trinajstić information content (AvgIpc) is 2.47. The molecule has 0 atom stereocenters. The third-order valence-electron chi connectivity index (χ3n) is 4.24. The van der Waals surface area contributed by atoms with E-state index in [1.165, 1.54) is 12.1 Å². The molecule has 0 heterocycles. The number of hydrogen-bond donors (Lipinski definition) is 0. The molecule has 126 valence electrons. The molecule has 1 saturated carbocycles. The highest BCUT2D eigenvalue weighted by Crippen LogP contribution is 2.28. The number of amides is 1. The molecular formula is C18H24FNO3. The van der Waals surface area contributed by atoms with Crippen LogP contribution in [0.25, 0.3) is 0 Å². The minimum absolute atomic E-state index is 0.102. The van der Waals surface area contributed by atoms with E-state index in [1.807, 2.05) is 0 Å². The van der Waals surface area contributed by atoms with Crippen molar-refractivity contribution >= 4 is 11.9 Å². The van der Waals surface area contributed by atoms with Gasteiger partial charge in [0.1, 0.15) is 5.82 Å². The molecule has 0 radical (unpaired) electrons. The van der Waals surface area contributed by atoms with E-state index in [0.29, 0.717) is 26.1 Å². The third kappa shape index (κ3) is 5.34. The molecule has 1 amide bonds. The van der Waals surface area contributed by atoms with E-state index in [0.717, 1.165) is 24.8 Å². The van der Waals surface area contributed by atoms with Crippen molar-refractivity contribution in [2.75, 3.05) is 19.7 Å². The van der Waals surface area contributed by atoms with E-state index in [4.69, 9.17) is 4.74 Å². The average molecular weight is 321 g/mol. The molecule has 1 fully saturated rings. The maximum absolute atomic E-state index is 12.9. The van der Waals surface area contributed by atoms with Gasteiger partial charge in [-0.3, -0.25) is 9.59 Å². The van der Waals surface area contributed by atoms with Crippen molar-refractivity contribution in [2.24, 2.45) is 5.92 Å². The summed E-state index contributed by atoms with van der Waals surface area (Å²) >= 11 is 0. The molecule has 0 N–H and O–H groups in total. The quantitative estimate of drug-likeness (QED) is 0.692. The predicted octanol–water partition coefficient (Wildman–Crippen LogP) is 2.95. The van der Waals surface area contributed by atoms with Crippen molar-refractivity contribution in [2.45, 2.75) is 39.0 Å². The Labute approximate surface area is 136 Å². The van der Waals surface area contributed by atoms with Gasteiger partial charge in [-0.05, 0) is 43.9 Å². The van der Waals surface area contributed by atoms with Gasteiger partial charge >= 0.3 is 5.97 Å². The van der Waals surface area contributed by atoms with Crippen molar-refractivity contribution in [1.29, 1.82) is 0 Å². The van der Waals surface area contributed by atoms with Gasteiger partial charge in [0.2, 0.25) is 5.91 Å². The first-order chi connectivity index (χ1) is 11.1. The Morgan fingerprint density at radius 1 is 1.22 bits per heavy atom.